The molecule has 0 heterocycles. The van der Waals surface area contributed by atoms with Crippen molar-refractivity contribution in [3.63, 3.8) is 0 Å². The van der Waals surface area contributed by atoms with E-state index in [9.17, 15) is 0 Å². The zero-order valence-electron chi connectivity index (χ0n) is 27.0. The first kappa shape index (κ1) is 37.6. The maximum atomic E-state index is 6.55. The van der Waals surface area contributed by atoms with Gasteiger partial charge in [-0.05, 0) is 0 Å². The van der Waals surface area contributed by atoms with Gasteiger partial charge in [0.25, 0.3) is 0 Å². The predicted molar refractivity (Wildman–Crippen MR) is 206 cm³/mol. The van der Waals surface area contributed by atoms with Crippen LogP contribution in [0.25, 0.3) is 32.7 Å². The van der Waals surface area contributed by atoms with Crippen LogP contribution in [0.15, 0.2) is 127 Å². The molecule has 2 aliphatic carbocycles. The van der Waals surface area contributed by atoms with Gasteiger partial charge in [-0.25, -0.2) is 0 Å². The van der Waals surface area contributed by atoms with Crippen LogP contribution in [-0.2, 0) is 51.2 Å². The van der Waals surface area contributed by atoms with Gasteiger partial charge in [-0.15, -0.1) is 0 Å². The molecule has 0 nitrogen and oxygen atoms in total. The van der Waals surface area contributed by atoms with E-state index < -0.39 is 21.3 Å². The minimum atomic E-state index is -3.01. The number of rotatable bonds is 8. The van der Waals surface area contributed by atoms with Gasteiger partial charge in [0.1, 0.15) is 0 Å². The van der Waals surface area contributed by atoms with Crippen LogP contribution < -0.4 is 28.1 Å². The molecule has 0 fully saturated rings. The summed E-state index contributed by atoms with van der Waals surface area (Å²) in [5, 5.41) is 5.42. The first-order valence-corrected chi connectivity index (χ1v) is 22.3. The van der Waals surface area contributed by atoms with Gasteiger partial charge in [0.2, 0.25) is 0 Å². The molecule has 0 saturated carbocycles. The molecule has 0 aliphatic heterocycles. The number of benzene rings is 6. The van der Waals surface area contributed by atoms with E-state index in [0.29, 0.717) is 27.1 Å². The molecule has 0 bridgehead atoms. The van der Waals surface area contributed by atoms with E-state index in [1.54, 1.807) is 0 Å². The molecule has 50 heavy (non-hydrogen) atoms. The molecule has 2 aliphatic rings. The molecule has 7 heteroatoms. The topological polar surface area (TPSA) is 0 Å². The number of halogens is 6. The molecule has 250 valence electrons. The Morgan fingerprint density at radius 3 is 1.68 bits per heavy atom. The second kappa shape index (κ2) is 16.2. The Morgan fingerprint density at radius 2 is 1.10 bits per heavy atom. The molecule has 0 spiro atoms. The number of hydrogen-bond acceptors (Lipinski definition) is 0. The minimum absolute atomic E-state index is 0. The quantitative estimate of drug-likeness (QED) is 0.131. The van der Waals surface area contributed by atoms with Crippen LogP contribution in [0.3, 0.4) is 0 Å². The molecular weight excluding hydrogens is 820 g/mol. The van der Waals surface area contributed by atoms with Crippen molar-refractivity contribution in [2.45, 2.75) is 33.6 Å². The van der Waals surface area contributed by atoms with E-state index in [4.69, 9.17) is 46.4 Å². The Bertz CT molecular complexity index is 2220. The zero-order valence-corrected chi connectivity index (χ0v) is 34.0. The fourth-order valence-corrected chi connectivity index (χ4v) is 16.6. The van der Waals surface area contributed by atoms with Gasteiger partial charge in [-0.2, -0.15) is 0 Å². The standard InChI is InChI=1S/C21H13.C17H14Cl4.C5H5.2ClH.Zr/c1-2-8-15-14(7-1)13-20-18-11-4-3-9-16(18)17-10-5-6-12-19(17)21(15)20;18-8-14-2-12(3-15(6-14)9-19)1-13-4-16(10-20)7-17(5-13)11-21;1-2-4-5-3-1;;;/h1-10,12H,13H2;2-7H,8-11H2;1-5H;2*1H;/q;;;;;+2/p-2. The summed E-state index contributed by atoms with van der Waals surface area (Å²) in [6.07, 6.45) is 10.2. The summed E-state index contributed by atoms with van der Waals surface area (Å²) in [5.74, 6) is 1.70. The van der Waals surface area contributed by atoms with E-state index in [-0.39, 0.29) is 24.8 Å². The SMILES string of the molecule is ClCc1cc(CCl)cc([C](c2cc(CCl)cc(CCl)c2)=[Zr+2]([c]2cccc3c2c2c(c4ccccc43)-c3ccccc3C2)[CH]2C=CC=C2)c1.[Cl-].[Cl-]. The van der Waals surface area contributed by atoms with E-state index in [1.165, 1.54) is 61.4 Å². The molecule has 0 N–H and O–H groups in total. The Balaban J connectivity index is 0.00000216. The van der Waals surface area contributed by atoms with E-state index in [1.807, 2.05) is 0 Å². The third-order valence-electron chi connectivity index (χ3n) is 9.75. The van der Waals surface area contributed by atoms with Crippen LogP contribution in [0.4, 0.5) is 0 Å². The fourth-order valence-electron chi connectivity index (χ4n) is 7.85. The zero-order chi connectivity index (χ0) is 32.8. The van der Waals surface area contributed by atoms with E-state index >= 15 is 0 Å². The van der Waals surface area contributed by atoms with Crippen molar-refractivity contribution in [2.75, 3.05) is 0 Å². The molecule has 0 saturated heterocycles. The van der Waals surface area contributed by atoms with Crippen LogP contribution in [0.1, 0.15) is 44.5 Å². The first-order chi connectivity index (χ1) is 23.6. The van der Waals surface area contributed by atoms with Gasteiger partial charge in [0.15, 0.2) is 0 Å². The summed E-state index contributed by atoms with van der Waals surface area (Å²) >= 11 is 23.2. The molecular formula is C43H32Cl6Zr. The molecule has 0 radical (unpaired) electrons. The Hall–Kier alpha value is -2.19. The number of fused-ring (bicyclic) bond motifs is 8. The van der Waals surface area contributed by atoms with E-state index in [2.05, 4.69) is 127 Å². The second-order valence-electron chi connectivity index (χ2n) is 12.7. The molecule has 0 atom stereocenters. The summed E-state index contributed by atoms with van der Waals surface area (Å²) in [5.41, 5.74) is 12.3. The van der Waals surface area contributed by atoms with Gasteiger partial charge in [-0.3, -0.25) is 0 Å². The van der Waals surface area contributed by atoms with Crippen molar-refractivity contribution in [1.29, 1.82) is 0 Å². The van der Waals surface area contributed by atoms with Gasteiger partial charge >= 0.3 is 312 Å². The molecule has 6 aromatic carbocycles. The minimum Gasteiger partial charge on any atom is -1.00 e. The monoisotopic (exact) mass is 848 g/mol. The molecule has 8 rings (SSSR count). The summed E-state index contributed by atoms with van der Waals surface area (Å²) in [6, 6.07) is 38.4. The summed E-state index contributed by atoms with van der Waals surface area (Å²) < 4.78 is 3.24. The number of allylic oxidation sites excluding steroid dienone is 4. The third kappa shape index (κ3) is 6.74. The first-order valence-electron chi connectivity index (χ1n) is 16.3. The predicted octanol–water partition coefficient (Wildman–Crippen LogP) is 5.95. The molecule has 6 aromatic rings. The van der Waals surface area contributed by atoms with Gasteiger partial charge in [0.05, 0.1) is 0 Å². The van der Waals surface area contributed by atoms with Crippen LogP contribution in [-0.4, -0.2) is 3.21 Å². The van der Waals surface area contributed by atoms with Crippen molar-refractivity contribution < 1.29 is 46.1 Å². The molecule has 0 aromatic heterocycles. The maximum absolute atomic E-state index is 6.55. The Morgan fingerprint density at radius 1 is 0.580 bits per heavy atom. The van der Waals surface area contributed by atoms with Crippen molar-refractivity contribution in [3.8, 4) is 11.1 Å². The summed E-state index contributed by atoms with van der Waals surface area (Å²) in [6.45, 7) is 0. The number of hydrogen-bond donors (Lipinski definition) is 0. The Kier molecular flexibility index (Phi) is 12.2. The normalized spacial score (nSPS) is 12.7. The third-order valence-corrected chi connectivity index (χ3v) is 18.8. The number of alkyl halides is 4. The van der Waals surface area contributed by atoms with Crippen molar-refractivity contribution in [2.24, 2.45) is 0 Å². The van der Waals surface area contributed by atoms with Crippen LogP contribution >= 0.6 is 46.4 Å². The molecule has 0 amide bonds. The van der Waals surface area contributed by atoms with Crippen molar-refractivity contribution >= 4 is 74.4 Å². The van der Waals surface area contributed by atoms with Crippen LogP contribution in [0.2, 0.25) is 3.63 Å². The molecule has 0 unspecified atom stereocenters. The average molecular weight is 853 g/mol. The van der Waals surface area contributed by atoms with Crippen LogP contribution in [0, 0.1) is 0 Å². The van der Waals surface area contributed by atoms with Gasteiger partial charge < -0.3 is 24.8 Å². The largest absolute Gasteiger partial charge is 1.00 e. The van der Waals surface area contributed by atoms with Crippen LogP contribution in [0.5, 0.6) is 0 Å². The smallest absolute Gasteiger partial charge is 1.00 e. The van der Waals surface area contributed by atoms with Crippen molar-refractivity contribution in [3.05, 3.63) is 172 Å². The summed E-state index contributed by atoms with van der Waals surface area (Å²) in [4.78, 5) is 0. The van der Waals surface area contributed by atoms with Gasteiger partial charge in [-0.1, -0.05) is 0 Å². The summed E-state index contributed by atoms with van der Waals surface area (Å²) in [7, 11) is 0. The van der Waals surface area contributed by atoms with Gasteiger partial charge in [0, 0.05) is 0 Å². The second-order valence-corrected chi connectivity index (χ2v) is 20.0. The Labute approximate surface area is 334 Å². The van der Waals surface area contributed by atoms with Crippen molar-refractivity contribution in [1.82, 2.24) is 0 Å². The van der Waals surface area contributed by atoms with E-state index in [0.717, 1.165) is 28.7 Å². The average Bonchev–Trinajstić information content (AvgIpc) is 3.82. The maximum Gasteiger partial charge on any atom is -1.00 e. The fraction of sp³-hybridized carbons (Fsp3) is 0.140.